The highest BCUT2D eigenvalue weighted by Gasteiger charge is 2.12. The lowest BCUT2D eigenvalue weighted by molar-refractivity contribution is 0.476. The van der Waals surface area contributed by atoms with Crippen LogP contribution >= 0.6 is 0 Å². The van der Waals surface area contributed by atoms with Crippen molar-refractivity contribution in [1.82, 2.24) is 9.55 Å². The average Bonchev–Trinajstić information content (AvgIpc) is 2.69. The van der Waals surface area contributed by atoms with Crippen molar-refractivity contribution in [3.63, 3.8) is 0 Å². The van der Waals surface area contributed by atoms with E-state index >= 15 is 0 Å². The fourth-order valence-corrected chi connectivity index (χ4v) is 2.90. The fraction of sp³-hybridized carbons (Fsp3) is 0.261. The fourth-order valence-electron chi connectivity index (χ4n) is 2.90. The van der Waals surface area contributed by atoms with Gasteiger partial charge in [0.1, 0.15) is 23.1 Å². The van der Waals surface area contributed by atoms with Gasteiger partial charge in [0.15, 0.2) is 0 Å². The first-order valence-corrected chi connectivity index (χ1v) is 9.33. The lowest BCUT2D eigenvalue weighted by Gasteiger charge is -2.12. The van der Waals surface area contributed by atoms with Gasteiger partial charge in [0.25, 0.3) is 5.56 Å². The van der Waals surface area contributed by atoms with Gasteiger partial charge in [-0.2, -0.15) is 5.26 Å². The molecule has 0 N–H and O–H groups in total. The summed E-state index contributed by atoms with van der Waals surface area (Å²) in [6.45, 7) is 6.72. The predicted octanol–water partition coefficient (Wildman–Crippen LogP) is 4.93. The van der Waals surface area contributed by atoms with Crippen molar-refractivity contribution in [2.24, 2.45) is 5.92 Å². The van der Waals surface area contributed by atoms with Crippen molar-refractivity contribution < 1.29 is 4.74 Å². The van der Waals surface area contributed by atoms with Crippen LogP contribution in [0.25, 0.3) is 11.1 Å². The third-order valence-corrected chi connectivity index (χ3v) is 4.58. The molecule has 0 aliphatic carbocycles. The lowest BCUT2D eigenvalue weighted by Crippen LogP contribution is -2.23. The molecular weight excluding hydrogens is 350 g/mol. The van der Waals surface area contributed by atoms with Crippen molar-refractivity contribution in [2.75, 3.05) is 0 Å². The molecule has 0 aliphatic heterocycles. The zero-order chi connectivity index (χ0) is 20.1. The van der Waals surface area contributed by atoms with Crippen LogP contribution in [-0.4, -0.2) is 9.55 Å². The zero-order valence-corrected chi connectivity index (χ0v) is 16.3. The molecule has 3 rings (SSSR count). The number of nitriles is 1. The van der Waals surface area contributed by atoms with Gasteiger partial charge in [-0.3, -0.25) is 9.78 Å². The Kier molecular flexibility index (Phi) is 5.90. The normalized spacial score (nSPS) is 10.7. The molecule has 2 heterocycles. The van der Waals surface area contributed by atoms with Crippen LogP contribution in [0.2, 0.25) is 0 Å². The van der Waals surface area contributed by atoms with Gasteiger partial charge in [0.05, 0.1) is 5.69 Å². The van der Waals surface area contributed by atoms with Gasteiger partial charge in [0.2, 0.25) is 0 Å². The van der Waals surface area contributed by atoms with Crippen LogP contribution in [-0.2, 0) is 6.54 Å². The van der Waals surface area contributed by atoms with Gasteiger partial charge in [-0.1, -0.05) is 26.0 Å². The number of aromatic nitrogens is 2. The van der Waals surface area contributed by atoms with E-state index in [0.717, 1.165) is 17.7 Å². The van der Waals surface area contributed by atoms with Gasteiger partial charge < -0.3 is 9.30 Å². The molecule has 0 spiro atoms. The van der Waals surface area contributed by atoms with Crippen molar-refractivity contribution in [3.05, 3.63) is 76.5 Å². The van der Waals surface area contributed by atoms with E-state index in [0.29, 0.717) is 29.5 Å². The Hall–Kier alpha value is -3.39. The van der Waals surface area contributed by atoms with E-state index in [4.69, 9.17) is 4.74 Å². The van der Waals surface area contributed by atoms with E-state index in [1.54, 1.807) is 17.0 Å². The second-order valence-corrected chi connectivity index (χ2v) is 7.11. The Labute approximate surface area is 164 Å². The van der Waals surface area contributed by atoms with Crippen molar-refractivity contribution in [1.29, 1.82) is 5.26 Å². The minimum atomic E-state index is -0.244. The van der Waals surface area contributed by atoms with Crippen molar-refractivity contribution in [2.45, 2.75) is 33.7 Å². The summed E-state index contributed by atoms with van der Waals surface area (Å²) in [5.74, 6) is 1.86. The van der Waals surface area contributed by atoms with Gasteiger partial charge >= 0.3 is 0 Å². The predicted molar refractivity (Wildman–Crippen MR) is 109 cm³/mol. The summed E-state index contributed by atoms with van der Waals surface area (Å²) in [6, 6.07) is 15.0. The average molecular weight is 373 g/mol. The smallest absolute Gasteiger partial charge is 0.269 e. The summed E-state index contributed by atoms with van der Waals surface area (Å²) >= 11 is 0. The summed E-state index contributed by atoms with van der Waals surface area (Å²) in [7, 11) is 0. The lowest BCUT2D eigenvalue weighted by atomic mass is 10.0. The number of hydrogen-bond acceptors (Lipinski definition) is 4. The van der Waals surface area contributed by atoms with Crippen LogP contribution in [0.5, 0.6) is 11.5 Å². The Morgan fingerprint density at radius 2 is 1.93 bits per heavy atom. The Morgan fingerprint density at radius 3 is 2.57 bits per heavy atom. The number of ether oxygens (including phenoxy) is 1. The quantitative estimate of drug-likeness (QED) is 0.614. The van der Waals surface area contributed by atoms with E-state index in [2.05, 4.69) is 24.9 Å². The number of aryl methyl sites for hydroxylation is 2. The number of rotatable bonds is 6. The molecule has 5 heteroatoms. The molecule has 142 valence electrons. The SMILES string of the molecule is Cc1ncccc1Oc1ccc(-c2ccn(CCC(C)C)c(=O)c2C#N)cc1. The molecule has 0 saturated heterocycles. The van der Waals surface area contributed by atoms with E-state index in [1.165, 1.54) is 0 Å². The van der Waals surface area contributed by atoms with E-state index in [-0.39, 0.29) is 11.1 Å². The number of nitrogens with zero attached hydrogens (tertiary/aromatic N) is 3. The summed E-state index contributed by atoms with van der Waals surface area (Å²) in [5.41, 5.74) is 2.18. The standard InChI is InChI=1S/C23H23N3O2/c1-16(2)10-13-26-14-11-20(21(15-24)23(26)27)18-6-8-19(9-7-18)28-22-5-4-12-25-17(22)3/h4-9,11-12,14,16H,10,13H2,1-3H3. The highest BCUT2D eigenvalue weighted by atomic mass is 16.5. The summed E-state index contributed by atoms with van der Waals surface area (Å²) in [4.78, 5) is 16.9. The maximum Gasteiger partial charge on any atom is 0.269 e. The van der Waals surface area contributed by atoms with Gasteiger partial charge in [-0.05, 0) is 55.2 Å². The Morgan fingerprint density at radius 1 is 1.18 bits per heavy atom. The molecule has 0 bridgehead atoms. The Balaban J connectivity index is 1.87. The van der Waals surface area contributed by atoms with Gasteiger partial charge in [-0.15, -0.1) is 0 Å². The first kappa shape index (κ1) is 19.4. The van der Waals surface area contributed by atoms with E-state index in [1.807, 2.05) is 49.4 Å². The third-order valence-electron chi connectivity index (χ3n) is 4.58. The molecule has 0 aliphatic rings. The van der Waals surface area contributed by atoms with Crippen LogP contribution in [0, 0.1) is 24.2 Å². The maximum atomic E-state index is 12.7. The molecule has 3 aromatic rings. The zero-order valence-electron chi connectivity index (χ0n) is 16.3. The van der Waals surface area contributed by atoms with Crippen LogP contribution in [0.3, 0.4) is 0 Å². The van der Waals surface area contributed by atoms with Crippen LogP contribution in [0.1, 0.15) is 31.5 Å². The van der Waals surface area contributed by atoms with Gasteiger partial charge in [-0.25, -0.2) is 0 Å². The highest BCUT2D eigenvalue weighted by Crippen LogP contribution is 2.27. The molecule has 28 heavy (non-hydrogen) atoms. The summed E-state index contributed by atoms with van der Waals surface area (Å²) in [5, 5.41) is 9.55. The minimum absolute atomic E-state index is 0.169. The number of benzene rings is 1. The molecule has 0 fully saturated rings. The van der Waals surface area contributed by atoms with E-state index in [9.17, 15) is 10.1 Å². The molecule has 2 aromatic heterocycles. The maximum absolute atomic E-state index is 12.7. The molecule has 0 unspecified atom stereocenters. The minimum Gasteiger partial charge on any atom is -0.455 e. The molecule has 0 atom stereocenters. The second-order valence-electron chi connectivity index (χ2n) is 7.11. The molecular formula is C23H23N3O2. The summed E-state index contributed by atoms with van der Waals surface area (Å²) < 4.78 is 7.48. The monoisotopic (exact) mass is 373 g/mol. The molecule has 0 saturated carbocycles. The van der Waals surface area contributed by atoms with Crippen LogP contribution in [0.15, 0.2) is 59.7 Å². The second kappa shape index (κ2) is 8.53. The van der Waals surface area contributed by atoms with E-state index < -0.39 is 0 Å². The number of hydrogen-bond donors (Lipinski definition) is 0. The van der Waals surface area contributed by atoms with Crippen molar-refractivity contribution in [3.8, 4) is 28.7 Å². The summed E-state index contributed by atoms with van der Waals surface area (Å²) in [6.07, 6.45) is 4.38. The van der Waals surface area contributed by atoms with Crippen molar-refractivity contribution >= 4 is 0 Å². The first-order chi connectivity index (χ1) is 13.5. The van der Waals surface area contributed by atoms with Gasteiger partial charge in [0, 0.05) is 24.5 Å². The first-order valence-electron chi connectivity index (χ1n) is 9.33. The Bertz CT molecular complexity index is 1060. The van der Waals surface area contributed by atoms with Crippen LogP contribution < -0.4 is 10.3 Å². The highest BCUT2D eigenvalue weighted by molar-refractivity contribution is 5.70. The third kappa shape index (κ3) is 4.29. The topological polar surface area (TPSA) is 67.9 Å². The molecule has 0 amide bonds. The van der Waals surface area contributed by atoms with Crippen LogP contribution in [0.4, 0.5) is 0 Å². The number of pyridine rings is 2. The molecule has 0 radical (unpaired) electrons. The largest absolute Gasteiger partial charge is 0.455 e. The molecule has 1 aromatic carbocycles. The molecule has 5 nitrogen and oxygen atoms in total.